The number of amides is 1. The van der Waals surface area contributed by atoms with Crippen LogP contribution in [0.4, 0.5) is 0 Å². The van der Waals surface area contributed by atoms with Crippen molar-refractivity contribution < 1.29 is 14.3 Å². The predicted octanol–water partition coefficient (Wildman–Crippen LogP) is 2.22. The lowest BCUT2D eigenvalue weighted by molar-refractivity contribution is -0.148. The highest BCUT2D eigenvalue weighted by molar-refractivity contribution is 5.79. The lowest BCUT2D eigenvalue weighted by atomic mass is 9.83. The summed E-state index contributed by atoms with van der Waals surface area (Å²) in [6.45, 7) is 6.63. The van der Waals surface area contributed by atoms with E-state index in [0.29, 0.717) is 0 Å². The van der Waals surface area contributed by atoms with Gasteiger partial charge in [-0.3, -0.25) is 14.5 Å². The van der Waals surface area contributed by atoms with Crippen LogP contribution >= 0.6 is 0 Å². The Hall–Kier alpha value is -1.66. The first kappa shape index (κ1) is 19.6. The lowest BCUT2D eigenvalue weighted by Gasteiger charge is -2.40. The zero-order valence-electron chi connectivity index (χ0n) is 17.0. The van der Waals surface area contributed by atoms with Gasteiger partial charge in [0, 0.05) is 51.8 Å². The number of nitrogens with zero attached hydrogens (tertiary/aromatic N) is 2. The Morgan fingerprint density at radius 2 is 2.00 bits per heavy atom. The summed E-state index contributed by atoms with van der Waals surface area (Å²) in [5.41, 5.74) is 0.882. The summed E-state index contributed by atoms with van der Waals surface area (Å²) in [4.78, 5) is 28.8. The number of hydrogen-bond acceptors (Lipinski definition) is 5. The zero-order valence-corrected chi connectivity index (χ0v) is 17.0. The van der Waals surface area contributed by atoms with E-state index in [1.54, 1.807) is 6.92 Å². The Kier molecular flexibility index (Phi) is 5.88. The van der Waals surface area contributed by atoms with Gasteiger partial charge in [0.15, 0.2) is 0 Å². The molecule has 0 aromatic heterocycles. The molecule has 1 amide bonds. The molecule has 2 atom stereocenters. The van der Waals surface area contributed by atoms with Crippen LogP contribution in [0.1, 0.15) is 51.9 Å². The molecular weight excluding hydrogens is 354 g/mol. The molecule has 3 fully saturated rings. The molecule has 0 aromatic carbocycles. The standard InChI is InChI=1S/C22H33N3O3/c1-17(26)23-19-6-2-3-7-20(19)25-14-12-24(13-15-25)11-8-18-16-22(21(27)28-18)9-4-5-10-22/h2-3,6,18,20H,4-5,7-16H2,1H3,(H,23,26). The van der Waals surface area contributed by atoms with Gasteiger partial charge in [-0.25, -0.2) is 0 Å². The summed E-state index contributed by atoms with van der Waals surface area (Å²) in [6.07, 6.45) is 13.6. The van der Waals surface area contributed by atoms with Crippen LogP contribution in [-0.4, -0.2) is 66.5 Å². The van der Waals surface area contributed by atoms with E-state index in [2.05, 4.69) is 21.2 Å². The number of ether oxygens (including phenoxy) is 1. The van der Waals surface area contributed by atoms with Crippen molar-refractivity contribution in [3.05, 3.63) is 23.9 Å². The monoisotopic (exact) mass is 387 g/mol. The second-order valence-corrected chi connectivity index (χ2v) is 8.87. The van der Waals surface area contributed by atoms with Gasteiger partial charge in [-0.2, -0.15) is 0 Å². The molecule has 0 bridgehead atoms. The van der Waals surface area contributed by atoms with Crippen molar-refractivity contribution in [1.82, 2.24) is 15.1 Å². The Morgan fingerprint density at radius 1 is 1.25 bits per heavy atom. The molecule has 0 radical (unpaired) electrons. The molecule has 2 aliphatic carbocycles. The highest BCUT2D eigenvalue weighted by Crippen LogP contribution is 2.48. The number of rotatable bonds is 5. The van der Waals surface area contributed by atoms with Crippen molar-refractivity contribution in [1.29, 1.82) is 0 Å². The van der Waals surface area contributed by atoms with E-state index in [0.717, 1.165) is 70.5 Å². The smallest absolute Gasteiger partial charge is 0.312 e. The lowest BCUT2D eigenvalue weighted by Crippen LogP contribution is -2.52. The average molecular weight is 388 g/mol. The van der Waals surface area contributed by atoms with Gasteiger partial charge < -0.3 is 15.0 Å². The predicted molar refractivity (Wildman–Crippen MR) is 107 cm³/mol. The molecule has 2 unspecified atom stereocenters. The van der Waals surface area contributed by atoms with Gasteiger partial charge in [0.2, 0.25) is 5.91 Å². The largest absolute Gasteiger partial charge is 0.462 e. The number of carbonyl (C=O) groups is 2. The van der Waals surface area contributed by atoms with Crippen molar-refractivity contribution in [2.45, 2.75) is 64.0 Å². The van der Waals surface area contributed by atoms with Gasteiger partial charge >= 0.3 is 5.97 Å². The number of esters is 1. The van der Waals surface area contributed by atoms with Gasteiger partial charge in [-0.1, -0.05) is 25.0 Å². The van der Waals surface area contributed by atoms with Crippen LogP contribution in [0.25, 0.3) is 0 Å². The molecular formula is C22H33N3O3. The van der Waals surface area contributed by atoms with E-state index in [4.69, 9.17) is 4.74 Å². The van der Waals surface area contributed by atoms with Crippen LogP contribution in [0.2, 0.25) is 0 Å². The van der Waals surface area contributed by atoms with Crippen LogP contribution in [-0.2, 0) is 14.3 Å². The van der Waals surface area contributed by atoms with E-state index in [9.17, 15) is 9.59 Å². The third-order valence-corrected chi connectivity index (χ3v) is 6.95. The molecule has 1 spiro atoms. The number of hydrogen-bond donors (Lipinski definition) is 1. The van der Waals surface area contributed by atoms with Gasteiger partial charge in [-0.05, 0) is 31.8 Å². The van der Waals surface area contributed by atoms with Crippen LogP contribution < -0.4 is 5.32 Å². The highest BCUT2D eigenvalue weighted by atomic mass is 16.6. The molecule has 6 nitrogen and oxygen atoms in total. The quantitative estimate of drug-likeness (QED) is 0.733. The minimum Gasteiger partial charge on any atom is -0.462 e. The maximum atomic E-state index is 12.3. The van der Waals surface area contributed by atoms with E-state index in [-0.39, 0.29) is 29.4 Å². The highest BCUT2D eigenvalue weighted by Gasteiger charge is 2.50. The maximum Gasteiger partial charge on any atom is 0.312 e. The molecule has 4 aliphatic rings. The summed E-state index contributed by atoms with van der Waals surface area (Å²) >= 11 is 0. The molecule has 4 rings (SSSR count). The third-order valence-electron chi connectivity index (χ3n) is 6.95. The van der Waals surface area contributed by atoms with Crippen molar-refractivity contribution in [2.24, 2.45) is 5.41 Å². The minimum atomic E-state index is -0.135. The molecule has 28 heavy (non-hydrogen) atoms. The summed E-state index contributed by atoms with van der Waals surface area (Å²) in [7, 11) is 0. The maximum absolute atomic E-state index is 12.3. The van der Waals surface area contributed by atoms with E-state index < -0.39 is 0 Å². The van der Waals surface area contributed by atoms with Crippen LogP contribution in [0.15, 0.2) is 23.9 Å². The number of nitrogens with one attached hydrogen (secondary N) is 1. The zero-order chi connectivity index (χ0) is 19.6. The molecule has 2 saturated heterocycles. The van der Waals surface area contributed by atoms with E-state index in [1.165, 1.54) is 12.8 Å². The fourth-order valence-electron chi connectivity index (χ4n) is 5.37. The number of piperazine rings is 1. The number of cyclic esters (lactones) is 1. The fraction of sp³-hybridized carbons (Fsp3) is 0.727. The van der Waals surface area contributed by atoms with Crippen LogP contribution in [0.3, 0.4) is 0 Å². The SMILES string of the molecule is CC(=O)NC1=CC=CCC1N1CCN(CCC2CC3(CCCC3)C(=O)O2)CC1. The Balaban J connectivity index is 1.23. The van der Waals surface area contributed by atoms with Crippen LogP contribution in [0.5, 0.6) is 0 Å². The Bertz CT molecular complexity index is 658. The summed E-state index contributed by atoms with van der Waals surface area (Å²) < 4.78 is 5.73. The van der Waals surface area contributed by atoms with Crippen molar-refractivity contribution in [2.75, 3.05) is 32.7 Å². The number of allylic oxidation sites excluding steroid dienone is 2. The second-order valence-electron chi connectivity index (χ2n) is 8.87. The third kappa shape index (κ3) is 4.18. The second kappa shape index (κ2) is 8.37. The van der Waals surface area contributed by atoms with E-state index >= 15 is 0 Å². The molecule has 1 saturated carbocycles. The normalized spacial score (nSPS) is 30.5. The first-order valence-corrected chi connectivity index (χ1v) is 10.9. The number of carbonyl (C=O) groups excluding carboxylic acids is 2. The fourth-order valence-corrected chi connectivity index (χ4v) is 5.37. The topological polar surface area (TPSA) is 61.9 Å². The van der Waals surface area contributed by atoms with Crippen molar-refractivity contribution in [3.63, 3.8) is 0 Å². The summed E-state index contributed by atoms with van der Waals surface area (Å²) in [5, 5.41) is 3.00. The summed E-state index contributed by atoms with van der Waals surface area (Å²) in [5.74, 6) is 0.0683. The average Bonchev–Trinajstić information content (AvgIpc) is 3.28. The Labute approximate surface area is 168 Å². The Morgan fingerprint density at radius 3 is 2.71 bits per heavy atom. The van der Waals surface area contributed by atoms with Gasteiger partial charge in [0.05, 0.1) is 11.5 Å². The van der Waals surface area contributed by atoms with Crippen molar-refractivity contribution >= 4 is 11.9 Å². The molecule has 6 heteroatoms. The minimum absolute atomic E-state index is 0.00340. The molecule has 0 aromatic rings. The molecule has 1 N–H and O–H groups in total. The molecule has 154 valence electrons. The van der Waals surface area contributed by atoms with Crippen molar-refractivity contribution in [3.8, 4) is 0 Å². The summed E-state index contributed by atoms with van der Waals surface area (Å²) in [6, 6.07) is 0.272. The van der Waals surface area contributed by atoms with Gasteiger partial charge in [-0.15, -0.1) is 0 Å². The van der Waals surface area contributed by atoms with E-state index in [1.807, 2.05) is 12.2 Å². The van der Waals surface area contributed by atoms with Gasteiger partial charge in [0.25, 0.3) is 0 Å². The molecule has 2 aliphatic heterocycles. The van der Waals surface area contributed by atoms with Gasteiger partial charge in [0.1, 0.15) is 6.10 Å². The first-order valence-electron chi connectivity index (χ1n) is 10.9. The molecule has 2 heterocycles. The first-order chi connectivity index (χ1) is 13.6. The van der Waals surface area contributed by atoms with Crippen LogP contribution in [0, 0.1) is 5.41 Å².